The minimum atomic E-state index is -0.0541. The molecule has 0 spiro atoms. The predicted molar refractivity (Wildman–Crippen MR) is 79.1 cm³/mol. The summed E-state index contributed by atoms with van der Waals surface area (Å²) < 4.78 is 0. The Labute approximate surface area is 117 Å². The SMILES string of the molecule is O=C(Cc1ccc(O)cc1)Nc1ccc2c(c1)CCN2. The van der Waals surface area contributed by atoms with Gasteiger partial charge in [0.1, 0.15) is 5.75 Å². The molecule has 102 valence electrons. The Hall–Kier alpha value is -2.49. The first-order valence-corrected chi connectivity index (χ1v) is 6.65. The number of hydrogen-bond donors (Lipinski definition) is 3. The molecule has 1 aliphatic rings. The number of benzene rings is 2. The molecule has 1 aliphatic heterocycles. The van der Waals surface area contributed by atoms with Gasteiger partial charge in [-0.3, -0.25) is 4.79 Å². The second-order valence-corrected chi connectivity index (χ2v) is 4.94. The number of fused-ring (bicyclic) bond motifs is 1. The molecule has 4 heteroatoms. The summed E-state index contributed by atoms with van der Waals surface area (Å²) in [5.74, 6) is 0.155. The van der Waals surface area contributed by atoms with E-state index in [1.54, 1.807) is 24.3 Å². The minimum absolute atomic E-state index is 0.0541. The fraction of sp³-hybridized carbons (Fsp3) is 0.188. The Bertz CT molecular complexity index is 635. The maximum Gasteiger partial charge on any atom is 0.228 e. The molecule has 0 atom stereocenters. The van der Waals surface area contributed by atoms with E-state index in [1.165, 1.54) is 5.56 Å². The van der Waals surface area contributed by atoms with Crippen LogP contribution in [0.2, 0.25) is 0 Å². The first kappa shape index (κ1) is 12.5. The second kappa shape index (κ2) is 5.25. The van der Waals surface area contributed by atoms with E-state index in [2.05, 4.69) is 10.6 Å². The molecule has 0 fully saturated rings. The predicted octanol–water partition coefficient (Wildman–Crippen LogP) is 2.54. The number of aromatic hydroxyl groups is 1. The largest absolute Gasteiger partial charge is 0.508 e. The van der Waals surface area contributed by atoms with Crippen LogP contribution in [0.3, 0.4) is 0 Å². The zero-order chi connectivity index (χ0) is 13.9. The van der Waals surface area contributed by atoms with Crippen LogP contribution in [-0.4, -0.2) is 17.6 Å². The smallest absolute Gasteiger partial charge is 0.228 e. The van der Waals surface area contributed by atoms with Gasteiger partial charge in [0.05, 0.1) is 6.42 Å². The molecular weight excluding hydrogens is 252 g/mol. The number of anilines is 2. The standard InChI is InChI=1S/C16H16N2O2/c19-14-4-1-11(2-5-14)9-16(20)18-13-3-6-15-12(10-13)7-8-17-15/h1-6,10,17,19H,7-9H2,(H,18,20). The molecule has 3 rings (SSSR count). The van der Waals surface area contributed by atoms with Crippen LogP contribution in [0.25, 0.3) is 0 Å². The third-order valence-corrected chi connectivity index (χ3v) is 3.40. The highest BCUT2D eigenvalue weighted by Gasteiger charge is 2.11. The lowest BCUT2D eigenvalue weighted by Gasteiger charge is -2.07. The van der Waals surface area contributed by atoms with Crippen molar-refractivity contribution in [2.24, 2.45) is 0 Å². The van der Waals surface area contributed by atoms with E-state index in [9.17, 15) is 9.90 Å². The maximum absolute atomic E-state index is 12.0. The van der Waals surface area contributed by atoms with Crippen LogP contribution < -0.4 is 10.6 Å². The fourth-order valence-corrected chi connectivity index (χ4v) is 2.39. The van der Waals surface area contributed by atoms with Gasteiger partial charge in [-0.25, -0.2) is 0 Å². The van der Waals surface area contributed by atoms with Crippen LogP contribution >= 0.6 is 0 Å². The highest BCUT2D eigenvalue weighted by molar-refractivity contribution is 5.92. The van der Waals surface area contributed by atoms with Gasteiger partial charge in [-0.2, -0.15) is 0 Å². The number of carbonyl (C=O) groups excluding carboxylic acids is 1. The summed E-state index contributed by atoms with van der Waals surface area (Å²) in [6.07, 6.45) is 1.30. The van der Waals surface area contributed by atoms with Gasteiger partial charge < -0.3 is 15.7 Å². The van der Waals surface area contributed by atoms with Crippen LogP contribution in [0.4, 0.5) is 11.4 Å². The Morgan fingerprint density at radius 3 is 2.80 bits per heavy atom. The van der Waals surface area contributed by atoms with Gasteiger partial charge in [0.2, 0.25) is 5.91 Å². The topological polar surface area (TPSA) is 61.4 Å². The molecule has 0 aromatic heterocycles. The average Bonchev–Trinajstić information content (AvgIpc) is 2.89. The second-order valence-electron chi connectivity index (χ2n) is 4.94. The van der Waals surface area contributed by atoms with Crippen molar-refractivity contribution in [1.29, 1.82) is 0 Å². The normalized spacial score (nSPS) is 12.6. The number of hydrogen-bond acceptors (Lipinski definition) is 3. The molecule has 3 N–H and O–H groups in total. The number of rotatable bonds is 3. The van der Waals surface area contributed by atoms with Gasteiger partial charge in [-0.15, -0.1) is 0 Å². The molecule has 4 nitrogen and oxygen atoms in total. The van der Waals surface area contributed by atoms with Crippen molar-refractivity contribution in [1.82, 2.24) is 0 Å². The Morgan fingerprint density at radius 2 is 2.00 bits per heavy atom. The van der Waals surface area contributed by atoms with Crippen molar-refractivity contribution >= 4 is 17.3 Å². The van der Waals surface area contributed by atoms with E-state index in [4.69, 9.17) is 0 Å². The zero-order valence-corrected chi connectivity index (χ0v) is 11.0. The van der Waals surface area contributed by atoms with Crippen molar-refractivity contribution in [2.75, 3.05) is 17.2 Å². The molecule has 0 bridgehead atoms. The summed E-state index contributed by atoms with van der Waals surface area (Å²) >= 11 is 0. The minimum Gasteiger partial charge on any atom is -0.508 e. The Morgan fingerprint density at radius 1 is 1.20 bits per heavy atom. The molecule has 0 saturated heterocycles. The van der Waals surface area contributed by atoms with E-state index < -0.39 is 0 Å². The van der Waals surface area contributed by atoms with E-state index in [-0.39, 0.29) is 11.7 Å². The van der Waals surface area contributed by atoms with Gasteiger partial charge in [0, 0.05) is 17.9 Å². The van der Waals surface area contributed by atoms with Crippen LogP contribution in [0.5, 0.6) is 5.75 Å². The highest BCUT2D eigenvalue weighted by atomic mass is 16.3. The lowest BCUT2D eigenvalue weighted by Crippen LogP contribution is -2.14. The Balaban J connectivity index is 1.65. The molecule has 1 amide bonds. The maximum atomic E-state index is 12.0. The summed E-state index contributed by atoms with van der Waals surface area (Å²) in [5, 5.41) is 15.4. The van der Waals surface area contributed by atoms with Crippen molar-refractivity contribution in [2.45, 2.75) is 12.8 Å². The lowest BCUT2D eigenvalue weighted by atomic mass is 10.1. The van der Waals surface area contributed by atoms with Crippen LogP contribution in [0.1, 0.15) is 11.1 Å². The highest BCUT2D eigenvalue weighted by Crippen LogP contribution is 2.25. The first-order valence-electron chi connectivity index (χ1n) is 6.65. The summed E-state index contributed by atoms with van der Waals surface area (Å²) in [5.41, 5.74) is 4.10. The summed E-state index contributed by atoms with van der Waals surface area (Å²) in [4.78, 5) is 12.0. The van der Waals surface area contributed by atoms with Gasteiger partial charge in [0.15, 0.2) is 0 Å². The summed E-state index contributed by atoms with van der Waals surface area (Å²) in [7, 11) is 0. The van der Waals surface area contributed by atoms with Gasteiger partial charge in [-0.1, -0.05) is 12.1 Å². The van der Waals surface area contributed by atoms with Crippen molar-refractivity contribution < 1.29 is 9.90 Å². The van der Waals surface area contributed by atoms with Crippen LogP contribution in [0.15, 0.2) is 42.5 Å². The van der Waals surface area contributed by atoms with E-state index in [0.717, 1.165) is 29.9 Å². The van der Waals surface area contributed by atoms with Crippen molar-refractivity contribution in [3.8, 4) is 5.75 Å². The molecular formula is C16H16N2O2. The molecule has 2 aromatic carbocycles. The summed E-state index contributed by atoms with van der Waals surface area (Å²) in [6.45, 7) is 0.959. The lowest BCUT2D eigenvalue weighted by molar-refractivity contribution is -0.115. The molecule has 0 unspecified atom stereocenters. The van der Waals surface area contributed by atoms with Gasteiger partial charge in [0.25, 0.3) is 0 Å². The fourth-order valence-electron chi connectivity index (χ4n) is 2.39. The van der Waals surface area contributed by atoms with Crippen LogP contribution in [-0.2, 0) is 17.6 Å². The quantitative estimate of drug-likeness (QED) is 0.801. The van der Waals surface area contributed by atoms with Crippen LogP contribution in [0, 0.1) is 0 Å². The third kappa shape index (κ3) is 2.74. The molecule has 0 saturated carbocycles. The molecule has 2 aromatic rings. The number of phenols is 1. The average molecular weight is 268 g/mol. The molecule has 0 radical (unpaired) electrons. The third-order valence-electron chi connectivity index (χ3n) is 3.40. The first-order chi connectivity index (χ1) is 9.70. The molecule has 1 heterocycles. The van der Waals surface area contributed by atoms with E-state index >= 15 is 0 Å². The molecule has 20 heavy (non-hydrogen) atoms. The monoisotopic (exact) mass is 268 g/mol. The molecule has 0 aliphatic carbocycles. The Kier molecular flexibility index (Phi) is 3.29. The number of amides is 1. The summed E-state index contributed by atoms with van der Waals surface area (Å²) in [6, 6.07) is 12.6. The van der Waals surface area contributed by atoms with Gasteiger partial charge >= 0.3 is 0 Å². The zero-order valence-electron chi connectivity index (χ0n) is 11.0. The number of nitrogens with one attached hydrogen (secondary N) is 2. The number of carbonyl (C=O) groups is 1. The number of phenolic OH excluding ortho intramolecular Hbond substituents is 1. The van der Waals surface area contributed by atoms with E-state index in [0.29, 0.717) is 6.42 Å². The van der Waals surface area contributed by atoms with E-state index in [1.807, 2.05) is 18.2 Å². The van der Waals surface area contributed by atoms with Crippen molar-refractivity contribution in [3.63, 3.8) is 0 Å². The van der Waals surface area contributed by atoms with Gasteiger partial charge in [-0.05, 0) is 47.9 Å². The van der Waals surface area contributed by atoms with Crippen molar-refractivity contribution in [3.05, 3.63) is 53.6 Å².